The fraction of sp³-hybridized carbons (Fsp3) is 1.00. The molecule has 0 saturated carbocycles. The highest BCUT2D eigenvalue weighted by Crippen LogP contribution is 2.24. The molecule has 0 aliphatic rings. The van der Waals surface area contributed by atoms with Crippen LogP contribution in [0.1, 0.15) is 53.4 Å². The quantitative estimate of drug-likeness (QED) is 0.437. The summed E-state index contributed by atoms with van der Waals surface area (Å²) >= 11 is 0. The highest BCUT2D eigenvalue weighted by molar-refractivity contribution is 7.88. The maximum absolute atomic E-state index is 11.6. The van der Waals surface area contributed by atoms with Gasteiger partial charge in [-0.3, -0.25) is 4.55 Å². The Balaban J connectivity index is 5.40. The van der Waals surface area contributed by atoms with Crippen molar-refractivity contribution in [1.82, 2.24) is 0 Å². The zero-order valence-corrected chi connectivity index (χ0v) is 14.7. The first kappa shape index (κ1) is 20.0. The van der Waals surface area contributed by atoms with Crippen LogP contribution in [0.4, 0.5) is 0 Å². The van der Waals surface area contributed by atoms with E-state index < -0.39 is 23.8 Å². The Bertz CT molecular complexity index is 324. The van der Waals surface area contributed by atoms with Gasteiger partial charge in [-0.1, -0.05) is 27.7 Å². The monoisotopic (exact) mass is 328 g/mol. The molecule has 0 aromatic carbocycles. The molecule has 8 heteroatoms. The van der Waals surface area contributed by atoms with Gasteiger partial charge < -0.3 is 13.3 Å². The van der Waals surface area contributed by atoms with Crippen molar-refractivity contribution in [2.24, 2.45) is 0 Å². The molecule has 1 N–H and O–H groups in total. The minimum atomic E-state index is -4.28. The molecule has 0 fully saturated rings. The van der Waals surface area contributed by atoms with Crippen molar-refractivity contribution in [3.05, 3.63) is 0 Å². The zero-order valence-electron chi connectivity index (χ0n) is 12.9. The van der Waals surface area contributed by atoms with Crippen molar-refractivity contribution < 1.29 is 26.2 Å². The van der Waals surface area contributed by atoms with E-state index in [1.165, 1.54) is 0 Å². The van der Waals surface area contributed by atoms with Crippen molar-refractivity contribution in [3.8, 4) is 0 Å². The normalized spacial score (nSPS) is 14.4. The number of hydrogen-bond acceptors (Lipinski definition) is 5. The molecule has 0 saturated heterocycles. The van der Waals surface area contributed by atoms with E-state index in [1.54, 1.807) is 6.92 Å². The largest absolute Gasteiger partial charge is 0.522 e. The number of rotatable bonds is 12. The minimum absolute atomic E-state index is 0.197. The van der Waals surface area contributed by atoms with E-state index in [1.807, 2.05) is 20.8 Å². The van der Waals surface area contributed by atoms with Crippen molar-refractivity contribution in [2.45, 2.75) is 58.3 Å². The Labute approximate surface area is 123 Å². The summed E-state index contributed by atoms with van der Waals surface area (Å²) in [4.78, 5) is -1.13. The molecule has 0 amide bonds. The van der Waals surface area contributed by atoms with Crippen molar-refractivity contribution in [1.29, 1.82) is 0 Å². The van der Waals surface area contributed by atoms with Crippen LogP contribution in [0.2, 0.25) is 0 Å². The fourth-order valence-corrected chi connectivity index (χ4v) is 7.05. The SMILES string of the molecule is CCCO[Si](OCCC)(OCCC)C(CC)S(=O)(=O)O. The molecular weight excluding hydrogens is 300 g/mol. The minimum Gasteiger partial charge on any atom is -0.373 e. The summed E-state index contributed by atoms with van der Waals surface area (Å²) < 4.78 is 49.9. The van der Waals surface area contributed by atoms with Gasteiger partial charge >= 0.3 is 8.80 Å². The lowest BCUT2D eigenvalue weighted by Crippen LogP contribution is -2.59. The maximum Gasteiger partial charge on any atom is 0.522 e. The van der Waals surface area contributed by atoms with Crippen LogP contribution in [-0.2, 0) is 23.4 Å². The first-order valence-electron chi connectivity index (χ1n) is 7.26. The van der Waals surface area contributed by atoms with Gasteiger partial charge in [0.1, 0.15) is 0 Å². The second-order valence-corrected chi connectivity index (χ2v) is 9.35. The second-order valence-electron chi connectivity index (χ2n) is 4.56. The maximum atomic E-state index is 11.6. The molecule has 0 rings (SSSR count). The summed E-state index contributed by atoms with van der Waals surface area (Å²) in [7, 11) is -7.74. The topological polar surface area (TPSA) is 82.1 Å². The van der Waals surface area contributed by atoms with Crippen LogP contribution in [0.15, 0.2) is 0 Å². The van der Waals surface area contributed by atoms with Crippen molar-refractivity contribution >= 4 is 18.9 Å². The summed E-state index contributed by atoms with van der Waals surface area (Å²) in [6.07, 6.45) is 2.37. The van der Waals surface area contributed by atoms with Gasteiger partial charge in [-0.05, 0) is 25.7 Å². The standard InChI is InChI=1S/C12H28O6SSi/c1-5-9-16-20(17-10-6-2,18-11-7-3)12(8-4)19(13,14)15/h12H,5-11H2,1-4H3,(H,13,14,15). The first-order chi connectivity index (χ1) is 9.37. The van der Waals surface area contributed by atoms with Crippen LogP contribution in [0, 0.1) is 0 Å². The third-order valence-corrected chi connectivity index (χ3v) is 8.48. The second kappa shape index (κ2) is 9.86. The van der Waals surface area contributed by atoms with Crippen LogP contribution < -0.4 is 0 Å². The molecule has 0 bridgehead atoms. The number of hydrogen-bond donors (Lipinski definition) is 1. The summed E-state index contributed by atoms with van der Waals surface area (Å²) in [5, 5.41) is 0. The van der Waals surface area contributed by atoms with Gasteiger partial charge in [-0.15, -0.1) is 0 Å². The molecule has 0 aliphatic heterocycles. The predicted molar refractivity (Wildman–Crippen MR) is 80.1 cm³/mol. The molecule has 0 aliphatic carbocycles. The Morgan fingerprint density at radius 2 is 1.25 bits per heavy atom. The van der Waals surface area contributed by atoms with E-state index in [9.17, 15) is 13.0 Å². The van der Waals surface area contributed by atoms with Gasteiger partial charge in [0.05, 0.1) is 0 Å². The molecule has 0 radical (unpaired) electrons. The van der Waals surface area contributed by atoms with E-state index >= 15 is 0 Å². The molecule has 0 aromatic heterocycles. The molecule has 20 heavy (non-hydrogen) atoms. The van der Waals surface area contributed by atoms with E-state index in [0.29, 0.717) is 19.8 Å². The van der Waals surface area contributed by atoms with E-state index in [4.69, 9.17) is 13.3 Å². The summed E-state index contributed by atoms with van der Waals surface area (Å²) in [6, 6.07) is 0. The van der Waals surface area contributed by atoms with E-state index in [-0.39, 0.29) is 6.42 Å². The third kappa shape index (κ3) is 6.19. The van der Waals surface area contributed by atoms with Crippen molar-refractivity contribution in [2.75, 3.05) is 19.8 Å². The Morgan fingerprint density at radius 1 is 0.900 bits per heavy atom. The van der Waals surface area contributed by atoms with Crippen molar-refractivity contribution in [3.63, 3.8) is 0 Å². The summed E-state index contributed by atoms with van der Waals surface area (Å²) in [6.45, 7) is 8.51. The molecule has 122 valence electrons. The molecule has 6 nitrogen and oxygen atoms in total. The smallest absolute Gasteiger partial charge is 0.373 e. The Kier molecular flexibility index (Phi) is 9.86. The highest BCUT2D eigenvalue weighted by atomic mass is 32.2. The van der Waals surface area contributed by atoms with E-state index in [0.717, 1.165) is 19.3 Å². The van der Waals surface area contributed by atoms with Crippen LogP contribution in [0.5, 0.6) is 0 Å². The molecule has 1 atom stereocenters. The van der Waals surface area contributed by atoms with Crippen LogP contribution in [0.3, 0.4) is 0 Å². The van der Waals surface area contributed by atoms with Gasteiger partial charge in [0.15, 0.2) is 4.87 Å². The Hall–Kier alpha value is 0.00688. The summed E-state index contributed by atoms with van der Waals surface area (Å²) in [5.41, 5.74) is 0. The first-order valence-corrected chi connectivity index (χ1v) is 10.6. The van der Waals surface area contributed by atoms with Crippen LogP contribution in [-0.4, -0.2) is 46.5 Å². The zero-order chi connectivity index (χ0) is 15.6. The van der Waals surface area contributed by atoms with Gasteiger partial charge in [-0.25, -0.2) is 0 Å². The fourth-order valence-electron chi connectivity index (χ4n) is 1.78. The highest BCUT2D eigenvalue weighted by Gasteiger charge is 2.55. The van der Waals surface area contributed by atoms with Crippen LogP contribution >= 0.6 is 0 Å². The predicted octanol–water partition coefficient (Wildman–Crippen LogP) is 2.41. The lowest BCUT2D eigenvalue weighted by Gasteiger charge is -2.33. The molecule has 0 heterocycles. The average molecular weight is 329 g/mol. The molecule has 1 unspecified atom stereocenters. The van der Waals surface area contributed by atoms with Gasteiger partial charge in [0.25, 0.3) is 10.1 Å². The Morgan fingerprint density at radius 3 is 1.45 bits per heavy atom. The van der Waals surface area contributed by atoms with E-state index in [2.05, 4.69) is 0 Å². The average Bonchev–Trinajstić information content (AvgIpc) is 2.39. The lowest BCUT2D eigenvalue weighted by atomic mass is 10.5. The van der Waals surface area contributed by atoms with Gasteiger partial charge in [-0.2, -0.15) is 8.42 Å². The van der Waals surface area contributed by atoms with Gasteiger partial charge in [0.2, 0.25) is 0 Å². The lowest BCUT2D eigenvalue weighted by molar-refractivity contribution is 0.0559. The molecule has 0 aromatic rings. The molecular formula is C12H28O6SSi. The van der Waals surface area contributed by atoms with Crippen LogP contribution in [0.25, 0.3) is 0 Å². The molecule has 0 spiro atoms. The third-order valence-electron chi connectivity index (χ3n) is 2.65. The summed E-state index contributed by atoms with van der Waals surface area (Å²) in [5.74, 6) is 0. The van der Waals surface area contributed by atoms with Gasteiger partial charge in [0, 0.05) is 19.8 Å².